The summed E-state index contributed by atoms with van der Waals surface area (Å²) >= 11 is 0. The zero-order valence-electron chi connectivity index (χ0n) is 22.8. The van der Waals surface area contributed by atoms with Crippen molar-refractivity contribution in [3.05, 3.63) is 152 Å². The number of hydrogen-bond donors (Lipinski definition) is 0. The van der Waals surface area contributed by atoms with Gasteiger partial charge in [-0.15, -0.1) is 0 Å². The highest BCUT2D eigenvalue weighted by Gasteiger charge is 2.15. The van der Waals surface area contributed by atoms with Crippen molar-refractivity contribution >= 4 is 32.4 Å². The number of benzene rings is 6. The Morgan fingerprint density at radius 3 is 1.88 bits per heavy atom. The molecule has 6 aromatic carbocycles. The van der Waals surface area contributed by atoms with Crippen LogP contribution in [0.2, 0.25) is 0 Å². The standard InChI is InChI=1S/C39H25N3/c1-3-12-28(13-4-1)37-33-24-23-27-21-22-30(25-34(27)38(33)42-39(41-37)29-14-5-2-6-15-29)35-19-10-20-36(40-35)32-18-9-16-26-11-7-8-17-31(26)32/h1-25H. The summed E-state index contributed by atoms with van der Waals surface area (Å²) in [6, 6.07) is 52.6. The molecule has 0 aliphatic rings. The lowest BCUT2D eigenvalue weighted by atomic mass is 9.98. The third kappa shape index (κ3) is 4.20. The molecule has 0 aliphatic heterocycles. The Morgan fingerprint density at radius 1 is 0.357 bits per heavy atom. The molecule has 0 unspecified atom stereocenters. The van der Waals surface area contributed by atoms with Gasteiger partial charge in [0.2, 0.25) is 0 Å². The maximum atomic E-state index is 5.16. The van der Waals surface area contributed by atoms with Gasteiger partial charge >= 0.3 is 0 Å². The Kier molecular flexibility index (Phi) is 5.79. The molecule has 8 aromatic rings. The van der Waals surface area contributed by atoms with Crippen LogP contribution in [0.5, 0.6) is 0 Å². The Morgan fingerprint density at radius 2 is 1.02 bits per heavy atom. The van der Waals surface area contributed by atoms with Crippen molar-refractivity contribution in [3.63, 3.8) is 0 Å². The molecule has 8 rings (SSSR count). The number of fused-ring (bicyclic) bond motifs is 4. The van der Waals surface area contributed by atoms with Crippen LogP contribution in [-0.4, -0.2) is 15.0 Å². The van der Waals surface area contributed by atoms with E-state index in [4.69, 9.17) is 15.0 Å². The topological polar surface area (TPSA) is 38.7 Å². The van der Waals surface area contributed by atoms with Gasteiger partial charge < -0.3 is 0 Å². The van der Waals surface area contributed by atoms with E-state index in [0.29, 0.717) is 0 Å². The lowest BCUT2D eigenvalue weighted by Crippen LogP contribution is -1.96. The van der Waals surface area contributed by atoms with Crippen molar-refractivity contribution < 1.29 is 0 Å². The van der Waals surface area contributed by atoms with Gasteiger partial charge in [0, 0.05) is 33.0 Å². The van der Waals surface area contributed by atoms with E-state index in [0.717, 1.165) is 66.8 Å². The van der Waals surface area contributed by atoms with Crippen LogP contribution in [0.25, 0.3) is 77.6 Å². The van der Waals surface area contributed by atoms with Gasteiger partial charge in [0.15, 0.2) is 5.82 Å². The Balaban J connectivity index is 1.34. The lowest BCUT2D eigenvalue weighted by molar-refractivity contribution is 1.23. The van der Waals surface area contributed by atoms with E-state index < -0.39 is 0 Å². The molecule has 3 nitrogen and oxygen atoms in total. The van der Waals surface area contributed by atoms with E-state index in [2.05, 4.69) is 127 Å². The van der Waals surface area contributed by atoms with Gasteiger partial charge in [-0.25, -0.2) is 15.0 Å². The van der Waals surface area contributed by atoms with Gasteiger partial charge in [-0.2, -0.15) is 0 Å². The van der Waals surface area contributed by atoms with E-state index in [1.54, 1.807) is 0 Å². The number of aromatic nitrogens is 3. The van der Waals surface area contributed by atoms with Crippen molar-refractivity contribution in [1.82, 2.24) is 15.0 Å². The second kappa shape index (κ2) is 10.1. The molecule has 0 atom stereocenters. The zero-order valence-corrected chi connectivity index (χ0v) is 22.8. The van der Waals surface area contributed by atoms with E-state index in [1.807, 2.05) is 24.3 Å². The molecule has 0 radical (unpaired) electrons. The van der Waals surface area contributed by atoms with Crippen LogP contribution < -0.4 is 0 Å². The minimum absolute atomic E-state index is 0.718. The molecule has 0 spiro atoms. The van der Waals surface area contributed by atoms with Crippen molar-refractivity contribution in [1.29, 1.82) is 0 Å². The number of nitrogens with zero attached hydrogens (tertiary/aromatic N) is 3. The first-order valence-corrected chi connectivity index (χ1v) is 14.1. The summed E-state index contributed by atoms with van der Waals surface area (Å²) in [5.41, 5.74) is 8.01. The Labute approximate surface area is 243 Å². The first kappa shape index (κ1) is 24.2. The van der Waals surface area contributed by atoms with Gasteiger partial charge in [0.25, 0.3) is 0 Å². The first-order chi connectivity index (χ1) is 20.8. The highest BCUT2D eigenvalue weighted by atomic mass is 14.9. The van der Waals surface area contributed by atoms with Crippen LogP contribution in [0.4, 0.5) is 0 Å². The van der Waals surface area contributed by atoms with E-state index in [1.165, 1.54) is 10.8 Å². The third-order valence-corrected chi connectivity index (χ3v) is 7.87. The third-order valence-electron chi connectivity index (χ3n) is 7.87. The minimum Gasteiger partial charge on any atom is -0.248 e. The van der Waals surface area contributed by atoms with Gasteiger partial charge in [0.05, 0.1) is 22.6 Å². The molecule has 0 aliphatic carbocycles. The summed E-state index contributed by atoms with van der Waals surface area (Å²) in [5.74, 6) is 0.718. The molecule has 0 amide bonds. The van der Waals surface area contributed by atoms with Crippen molar-refractivity contribution in [2.45, 2.75) is 0 Å². The molecule has 0 fully saturated rings. The smallest absolute Gasteiger partial charge is 0.160 e. The summed E-state index contributed by atoms with van der Waals surface area (Å²) in [4.78, 5) is 15.4. The molecular formula is C39H25N3. The Bertz CT molecular complexity index is 2230. The van der Waals surface area contributed by atoms with E-state index in [-0.39, 0.29) is 0 Å². The highest BCUT2D eigenvalue weighted by molar-refractivity contribution is 6.10. The zero-order chi connectivity index (χ0) is 27.9. The molecule has 42 heavy (non-hydrogen) atoms. The maximum Gasteiger partial charge on any atom is 0.160 e. The lowest BCUT2D eigenvalue weighted by Gasteiger charge is -2.13. The summed E-state index contributed by atoms with van der Waals surface area (Å²) < 4.78 is 0. The fourth-order valence-electron chi connectivity index (χ4n) is 5.80. The van der Waals surface area contributed by atoms with Crippen LogP contribution in [0.3, 0.4) is 0 Å². The molecule has 3 heteroatoms. The van der Waals surface area contributed by atoms with Gasteiger partial charge in [-0.3, -0.25) is 0 Å². The van der Waals surface area contributed by atoms with Crippen molar-refractivity contribution in [2.24, 2.45) is 0 Å². The maximum absolute atomic E-state index is 5.16. The van der Waals surface area contributed by atoms with E-state index >= 15 is 0 Å². The largest absolute Gasteiger partial charge is 0.248 e. The monoisotopic (exact) mass is 535 g/mol. The van der Waals surface area contributed by atoms with Crippen LogP contribution in [0.1, 0.15) is 0 Å². The predicted octanol–water partition coefficient (Wildman–Crippen LogP) is 10.00. The van der Waals surface area contributed by atoms with E-state index in [9.17, 15) is 0 Å². The number of pyridine rings is 1. The summed E-state index contributed by atoms with van der Waals surface area (Å²) in [6.07, 6.45) is 0. The molecular weight excluding hydrogens is 510 g/mol. The fraction of sp³-hybridized carbons (Fsp3) is 0. The number of hydrogen-bond acceptors (Lipinski definition) is 3. The molecule has 0 bridgehead atoms. The summed E-state index contributed by atoms with van der Waals surface area (Å²) in [6.45, 7) is 0. The molecule has 2 aromatic heterocycles. The fourth-order valence-corrected chi connectivity index (χ4v) is 5.80. The SMILES string of the molecule is c1ccc(-c2nc(-c3ccccc3)c3ccc4ccc(-c5cccc(-c6cccc7ccccc67)n5)cc4c3n2)cc1. The predicted molar refractivity (Wildman–Crippen MR) is 174 cm³/mol. The molecule has 2 heterocycles. The van der Waals surface area contributed by atoms with Gasteiger partial charge in [-0.05, 0) is 40.4 Å². The normalized spacial score (nSPS) is 11.3. The second-order valence-corrected chi connectivity index (χ2v) is 10.5. The summed E-state index contributed by atoms with van der Waals surface area (Å²) in [5, 5.41) is 5.66. The molecule has 0 saturated carbocycles. The van der Waals surface area contributed by atoms with Crippen molar-refractivity contribution in [3.8, 4) is 45.2 Å². The van der Waals surface area contributed by atoms with Crippen molar-refractivity contribution in [2.75, 3.05) is 0 Å². The van der Waals surface area contributed by atoms with Crippen LogP contribution in [0, 0.1) is 0 Å². The highest BCUT2D eigenvalue weighted by Crippen LogP contribution is 2.35. The van der Waals surface area contributed by atoms with Gasteiger partial charge in [0.1, 0.15) is 0 Å². The van der Waals surface area contributed by atoms with Gasteiger partial charge in [-0.1, -0.05) is 127 Å². The Hall–Kier alpha value is -5.67. The average molecular weight is 536 g/mol. The first-order valence-electron chi connectivity index (χ1n) is 14.1. The molecule has 0 saturated heterocycles. The molecule has 196 valence electrons. The minimum atomic E-state index is 0.718. The van der Waals surface area contributed by atoms with Crippen LogP contribution >= 0.6 is 0 Å². The molecule has 0 N–H and O–H groups in total. The quantitative estimate of drug-likeness (QED) is 0.211. The van der Waals surface area contributed by atoms with Crippen LogP contribution in [0.15, 0.2) is 152 Å². The number of rotatable bonds is 4. The second-order valence-electron chi connectivity index (χ2n) is 10.5. The average Bonchev–Trinajstić information content (AvgIpc) is 3.08. The summed E-state index contributed by atoms with van der Waals surface area (Å²) in [7, 11) is 0. The van der Waals surface area contributed by atoms with Crippen LogP contribution in [-0.2, 0) is 0 Å².